The molecule has 0 fully saturated rings. The molecule has 1 atom stereocenters. The monoisotopic (exact) mass is 246 g/mol. The van der Waals surface area contributed by atoms with Crippen molar-refractivity contribution < 1.29 is 17.9 Å². The zero-order valence-electron chi connectivity index (χ0n) is 9.21. The molecule has 0 saturated heterocycles. The van der Waals surface area contributed by atoms with E-state index in [-0.39, 0.29) is 18.0 Å². The fraction of sp³-hybridized carbons (Fsp3) is 0.364. The van der Waals surface area contributed by atoms with Crippen LogP contribution in [0.15, 0.2) is 24.3 Å². The molecule has 0 aromatic heterocycles. The molecule has 0 saturated carbocycles. The van der Waals surface area contributed by atoms with Gasteiger partial charge in [-0.15, -0.1) is 0 Å². The van der Waals surface area contributed by atoms with Gasteiger partial charge >= 0.3 is 6.18 Å². The van der Waals surface area contributed by atoms with Crippen LogP contribution in [0.3, 0.4) is 0 Å². The molecule has 0 radical (unpaired) electrons. The first-order chi connectivity index (χ1) is 7.80. The Labute approximate surface area is 96.9 Å². The smallest absolute Gasteiger partial charge is 0.419 e. The van der Waals surface area contributed by atoms with Crippen LogP contribution in [-0.4, -0.2) is 11.9 Å². The molecule has 1 unspecified atom stereocenters. The largest absolute Gasteiger partial charge is 0.490 e. The number of hydrogen-bond acceptors (Lipinski definition) is 2. The predicted molar refractivity (Wildman–Crippen MR) is 58.1 cm³/mol. The van der Waals surface area contributed by atoms with Gasteiger partial charge in [0.1, 0.15) is 11.9 Å². The number of hydrogen-bond donors (Lipinski definition) is 2. The highest BCUT2D eigenvalue weighted by atomic mass is 19.4. The van der Waals surface area contributed by atoms with Crippen molar-refractivity contribution in [2.75, 3.05) is 0 Å². The van der Waals surface area contributed by atoms with Gasteiger partial charge in [-0.2, -0.15) is 13.2 Å². The van der Waals surface area contributed by atoms with Gasteiger partial charge in [0, 0.05) is 6.42 Å². The average molecular weight is 246 g/mol. The summed E-state index contributed by atoms with van der Waals surface area (Å²) in [6.45, 7) is 1.56. The summed E-state index contributed by atoms with van der Waals surface area (Å²) in [4.78, 5) is 0. The van der Waals surface area contributed by atoms with Gasteiger partial charge in [-0.05, 0) is 19.1 Å². The third kappa shape index (κ3) is 3.97. The zero-order chi connectivity index (χ0) is 13.1. The fourth-order valence-corrected chi connectivity index (χ4v) is 1.37. The number of alkyl halides is 3. The topological polar surface area (TPSA) is 59.1 Å². The van der Waals surface area contributed by atoms with Gasteiger partial charge in [0.2, 0.25) is 0 Å². The number of para-hydroxylation sites is 1. The van der Waals surface area contributed by atoms with Crippen molar-refractivity contribution in [1.29, 1.82) is 5.41 Å². The molecule has 17 heavy (non-hydrogen) atoms. The first-order valence-corrected chi connectivity index (χ1v) is 4.96. The quantitative estimate of drug-likeness (QED) is 0.634. The fourth-order valence-electron chi connectivity index (χ4n) is 1.37. The van der Waals surface area contributed by atoms with E-state index in [1.807, 2.05) is 0 Å². The SMILES string of the molecule is CC(CC(=N)N)Oc1ccccc1C(F)(F)F. The Hall–Kier alpha value is -1.72. The number of nitrogens with one attached hydrogen (secondary N) is 1. The van der Waals surface area contributed by atoms with Crippen LogP contribution in [0.4, 0.5) is 13.2 Å². The van der Waals surface area contributed by atoms with Crippen molar-refractivity contribution in [1.82, 2.24) is 0 Å². The first-order valence-electron chi connectivity index (χ1n) is 4.96. The van der Waals surface area contributed by atoms with Gasteiger partial charge < -0.3 is 10.5 Å². The van der Waals surface area contributed by atoms with Crippen LogP contribution >= 0.6 is 0 Å². The van der Waals surface area contributed by atoms with Crippen LogP contribution in [0.2, 0.25) is 0 Å². The third-order valence-electron chi connectivity index (χ3n) is 2.03. The molecule has 1 aromatic rings. The van der Waals surface area contributed by atoms with Gasteiger partial charge in [0.05, 0.1) is 11.4 Å². The van der Waals surface area contributed by atoms with Crippen molar-refractivity contribution in [3.05, 3.63) is 29.8 Å². The Morgan fingerprint density at radius 2 is 2.00 bits per heavy atom. The van der Waals surface area contributed by atoms with Crippen molar-refractivity contribution in [2.45, 2.75) is 25.6 Å². The van der Waals surface area contributed by atoms with Crippen LogP contribution in [0.1, 0.15) is 18.9 Å². The standard InChI is InChI=1S/C11H13F3N2O/c1-7(6-10(15)16)17-9-5-3-2-4-8(9)11(12,13)14/h2-5,7H,6H2,1H3,(H3,15,16). The minimum Gasteiger partial charge on any atom is -0.490 e. The predicted octanol–water partition coefficient (Wildman–Crippen LogP) is 2.80. The summed E-state index contributed by atoms with van der Waals surface area (Å²) >= 11 is 0. The van der Waals surface area contributed by atoms with Gasteiger partial charge in [-0.1, -0.05) is 12.1 Å². The summed E-state index contributed by atoms with van der Waals surface area (Å²) in [6.07, 6.45) is -4.94. The molecule has 94 valence electrons. The maximum absolute atomic E-state index is 12.6. The maximum Gasteiger partial charge on any atom is 0.419 e. The zero-order valence-corrected chi connectivity index (χ0v) is 9.21. The number of amidine groups is 1. The molecular weight excluding hydrogens is 233 g/mol. The van der Waals surface area contributed by atoms with Crippen LogP contribution in [0.5, 0.6) is 5.75 Å². The van der Waals surface area contributed by atoms with E-state index in [0.29, 0.717) is 0 Å². The van der Waals surface area contributed by atoms with Gasteiger partial charge in [0.25, 0.3) is 0 Å². The minimum atomic E-state index is -4.45. The Kier molecular flexibility index (Phi) is 3.98. The van der Waals surface area contributed by atoms with E-state index < -0.39 is 17.8 Å². The second kappa shape index (κ2) is 5.07. The van der Waals surface area contributed by atoms with E-state index in [1.165, 1.54) is 18.2 Å². The highest BCUT2D eigenvalue weighted by Gasteiger charge is 2.34. The molecule has 3 nitrogen and oxygen atoms in total. The molecule has 3 N–H and O–H groups in total. The number of halogens is 3. The molecule has 1 aromatic carbocycles. The summed E-state index contributed by atoms with van der Waals surface area (Å²) in [5, 5.41) is 7.04. The lowest BCUT2D eigenvalue weighted by molar-refractivity contribution is -0.139. The number of ether oxygens (including phenoxy) is 1. The molecule has 0 aliphatic heterocycles. The van der Waals surface area contributed by atoms with Crippen LogP contribution < -0.4 is 10.5 Å². The van der Waals surface area contributed by atoms with Gasteiger partial charge in [0.15, 0.2) is 0 Å². The van der Waals surface area contributed by atoms with E-state index in [0.717, 1.165) is 6.07 Å². The highest BCUT2D eigenvalue weighted by molar-refractivity contribution is 5.77. The van der Waals surface area contributed by atoms with Crippen LogP contribution in [0, 0.1) is 5.41 Å². The summed E-state index contributed by atoms with van der Waals surface area (Å²) in [7, 11) is 0. The Bertz CT molecular complexity index is 404. The van der Waals surface area contributed by atoms with Crippen LogP contribution in [-0.2, 0) is 6.18 Å². The minimum absolute atomic E-state index is 0.0895. The van der Waals surface area contributed by atoms with Crippen molar-refractivity contribution in [3.8, 4) is 5.75 Å². The van der Waals surface area contributed by atoms with Crippen molar-refractivity contribution in [3.63, 3.8) is 0 Å². The molecule has 1 rings (SSSR count). The molecule has 0 heterocycles. The lowest BCUT2D eigenvalue weighted by Gasteiger charge is -2.18. The van der Waals surface area contributed by atoms with E-state index >= 15 is 0 Å². The molecule has 0 aliphatic rings. The summed E-state index contributed by atoms with van der Waals surface area (Å²) < 4.78 is 43.0. The second-order valence-electron chi connectivity index (χ2n) is 3.65. The van der Waals surface area contributed by atoms with E-state index in [2.05, 4.69) is 0 Å². The lowest BCUT2D eigenvalue weighted by atomic mass is 10.2. The summed E-state index contributed by atoms with van der Waals surface area (Å²) in [5.74, 6) is -0.365. The van der Waals surface area contributed by atoms with E-state index in [9.17, 15) is 13.2 Å². The molecule has 0 aliphatic carbocycles. The molecule has 0 bridgehead atoms. The highest BCUT2D eigenvalue weighted by Crippen LogP contribution is 2.36. The number of benzene rings is 1. The Morgan fingerprint density at radius 3 is 2.53 bits per heavy atom. The molecular formula is C11H13F3N2O. The van der Waals surface area contributed by atoms with Gasteiger partial charge in [-0.25, -0.2) is 0 Å². The summed E-state index contributed by atoms with van der Waals surface area (Å²) in [5.41, 5.74) is 4.33. The van der Waals surface area contributed by atoms with Crippen molar-refractivity contribution >= 4 is 5.84 Å². The van der Waals surface area contributed by atoms with E-state index in [1.54, 1.807) is 6.92 Å². The van der Waals surface area contributed by atoms with Gasteiger partial charge in [-0.3, -0.25) is 5.41 Å². The normalized spacial score (nSPS) is 13.2. The average Bonchev–Trinajstić information content (AvgIpc) is 2.15. The third-order valence-corrected chi connectivity index (χ3v) is 2.03. The molecule has 0 amide bonds. The van der Waals surface area contributed by atoms with Crippen LogP contribution in [0.25, 0.3) is 0 Å². The lowest BCUT2D eigenvalue weighted by Crippen LogP contribution is -2.22. The molecule has 0 spiro atoms. The Morgan fingerprint density at radius 1 is 1.41 bits per heavy atom. The Balaban J connectivity index is 2.87. The second-order valence-corrected chi connectivity index (χ2v) is 3.65. The number of nitrogens with two attached hydrogens (primary N) is 1. The maximum atomic E-state index is 12.6. The molecule has 6 heteroatoms. The van der Waals surface area contributed by atoms with Crippen molar-refractivity contribution in [2.24, 2.45) is 5.73 Å². The van der Waals surface area contributed by atoms with E-state index in [4.69, 9.17) is 15.9 Å². The first kappa shape index (κ1) is 13.3. The summed E-state index contributed by atoms with van der Waals surface area (Å²) in [6, 6.07) is 4.96. The number of rotatable bonds is 4.